The monoisotopic (exact) mass is 384 g/mol. The van der Waals surface area contributed by atoms with E-state index in [-0.39, 0.29) is 6.17 Å². The van der Waals surface area contributed by atoms with Crippen molar-refractivity contribution in [2.24, 2.45) is 4.99 Å². The van der Waals surface area contributed by atoms with Crippen molar-refractivity contribution in [2.75, 3.05) is 6.54 Å². The third-order valence-corrected chi connectivity index (χ3v) is 6.91. The quantitative estimate of drug-likeness (QED) is 0.702. The van der Waals surface area contributed by atoms with E-state index in [0.717, 1.165) is 42.5 Å². The van der Waals surface area contributed by atoms with E-state index in [0.29, 0.717) is 11.4 Å². The average molecular weight is 385 g/mol. The van der Waals surface area contributed by atoms with Crippen LogP contribution in [-0.4, -0.2) is 31.1 Å². The highest BCUT2D eigenvalue weighted by Gasteiger charge is 2.35. The molecule has 0 aliphatic carbocycles. The Balaban J connectivity index is 1.89. The predicted octanol–water partition coefficient (Wildman–Crippen LogP) is 4.57. The van der Waals surface area contributed by atoms with Gasteiger partial charge in [-0.2, -0.15) is 4.31 Å². The van der Waals surface area contributed by atoms with Gasteiger partial charge in [0.15, 0.2) is 0 Å². The summed E-state index contributed by atoms with van der Waals surface area (Å²) >= 11 is 0. The smallest absolute Gasteiger partial charge is 0.245 e. The number of sulfonamides is 1. The standard InChI is InChI=1S/C22H28N2O2S/c1-4-5-11-22-23-18(3)16-24(22)27(25,26)21-13-12-17(2)20(15-21)14-19-9-7-6-8-10-19/h6-10,12-13,15,22H,4-5,11,14,16H2,1-3H3. The Morgan fingerprint density at radius 3 is 2.56 bits per heavy atom. The lowest BCUT2D eigenvalue weighted by atomic mass is 10.0. The average Bonchev–Trinajstić information content (AvgIpc) is 3.04. The van der Waals surface area contributed by atoms with E-state index < -0.39 is 10.0 Å². The molecule has 27 heavy (non-hydrogen) atoms. The Morgan fingerprint density at radius 1 is 1.11 bits per heavy atom. The van der Waals surface area contributed by atoms with Crippen LogP contribution in [0.5, 0.6) is 0 Å². The minimum atomic E-state index is -3.56. The third-order valence-electron chi connectivity index (χ3n) is 5.07. The predicted molar refractivity (Wildman–Crippen MR) is 111 cm³/mol. The van der Waals surface area contributed by atoms with E-state index in [2.05, 4.69) is 24.0 Å². The van der Waals surface area contributed by atoms with Gasteiger partial charge in [-0.05, 0) is 55.5 Å². The molecule has 1 heterocycles. The molecule has 1 atom stereocenters. The topological polar surface area (TPSA) is 49.7 Å². The van der Waals surface area contributed by atoms with Crippen molar-refractivity contribution < 1.29 is 8.42 Å². The fourth-order valence-electron chi connectivity index (χ4n) is 3.48. The highest BCUT2D eigenvalue weighted by Crippen LogP contribution is 2.27. The molecule has 0 N–H and O–H groups in total. The van der Waals surface area contributed by atoms with E-state index >= 15 is 0 Å². The van der Waals surface area contributed by atoms with Crippen LogP contribution in [0.2, 0.25) is 0 Å². The summed E-state index contributed by atoms with van der Waals surface area (Å²) in [5.41, 5.74) is 4.21. The minimum absolute atomic E-state index is 0.270. The SMILES string of the molecule is CCCCC1N=C(C)CN1S(=O)(=O)c1ccc(C)c(Cc2ccccc2)c1. The Hall–Kier alpha value is -1.98. The molecule has 2 aromatic carbocycles. The number of aliphatic imine (C=N–C) groups is 1. The maximum absolute atomic E-state index is 13.3. The summed E-state index contributed by atoms with van der Waals surface area (Å²) < 4.78 is 28.2. The Kier molecular flexibility index (Phi) is 6.12. The van der Waals surface area contributed by atoms with Gasteiger partial charge in [-0.1, -0.05) is 56.2 Å². The largest absolute Gasteiger partial charge is 0.273 e. The number of nitrogens with zero attached hydrogens (tertiary/aromatic N) is 2. The molecule has 144 valence electrons. The molecule has 0 saturated heterocycles. The van der Waals surface area contributed by atoms with E-state index in [9.17, 15) is 8.42 Å². The zero-order valence-electron chi connectivity index (χ0n) is 16.4. The van der Waals surface area contributed by atoms with Gasteiger partial charge in [0, 0.05) is 5.71 Å². The molecule has 0 amide bonds. The zero-order chi connectivity index (χ0) is 19.4. The first-order chi connectivity index (χ1) is 12.9. The van der Waals surface area contributed by atoms with Gasteiger partial charge in [0.25, 0.3) is 0 Å². The Morgan fingerprint density at radius 2 is 1.85 bits per heavy atom. The molecule has 5 heteroatoms. The lowest BCUT2D eigenvalue weighted by Gasteiger charge is -2.23. The molecule has 3 rings (SSSR count). The second-order valence-corrected chi connectivity index (χ2v) is 9.18. The van der Waals surface area contributed by atoms with E-state index in [1.54, 1.807) is 10.4 Å². The van der Waals surface area contributed by atoms with E-state index in [1.165, 1.54) is 5.56 Å². The number of hydrogen-bond donors (Lipinski definition) is 0. The summed E-state index contributed by atoms with van der Waals surface area (Å²) in [5, 5.41) is 0. The Bertz CT molecular complexity index is 921. The molecule has 0 aromatic heterocycles. The van der Waals surface area contributed by atoms with Gasteiger partial charge in [0.1, 0.15) is 6.17 Å². The Labute approximate surface area is 163 Å². The molecule has 1 aliphatic heterocycles. The number of unbranched alkanes of at least 4 members (excludes halogenated alkanes) is 1. The van der Waals surface area contributed by atoms with Crippen molar-refractivity contribution in [3.05, 3.63) is 65.2 Å². The molecule has 1 aliphatic rings. The minimum Gasteiger partial charge on any atom is -0.273 e. The van der Waals surface area contributed by atoms with E-state index in [4.69, 9.17) is 0 Å². The number of rotatable bonds is 7. The number of hydrogen-bond acceptors (Lipinski definition) is 3. The van der Waals surface area contributed by atoms with Gasteiger partial charge in [0.2, 0.25) is 10.0 Å². The van der Waals surface area contributed by atoms with Gasteiger partial charge < -0.3 is 0 Å². The van der Waals surface area contributed by atoms with Gasteiger partial charge in [-0.3, -0.25) is 4.99 Å². The summed E-state index contributed by atoms with van der Waals surface area (Å²) in [5.74, 6) is 0. The van der Waals surface area contributed by atoms with Gasteiger partial charge >= 0.3 is 0 Å². The van der Waals surface area contributed by atoms with Crippen molar-refractivity contribution in [1.82, 2.24) is 4.31 Å². The first-order valence-corrected chi connectivity index (χ1v) is 11.0. The highest BCUT2D eigenvalue weighted by atomic mass is 32.2. The fraction of sp³-hybridized carbons (Fsp3) is 0.409. The lowest BCUT2D eigenvalue weighted by Crippen LogP contribution is -2.37. The molecular formula is C22H28N2O2S. The van der Waals surface area contributed by atoms with Crippen LogP contribution in [0.25, 0.3) is 0 Å². The van der Waals surface area contributed by atoms with Crippen LogP contribution in [0.1, 0.15) is 49.8 Å². The maximum Gasteiger partial charge on any atom is 0.245 e. The van der Waals surface area contributed by atoms with Crippen LogP contribution >= 0.6 is 0 Å². The van der Waals surface area contributed by atoms with Crippen LogP contribution in [0.3, 0.4) is 0 Å². The van der Waals surface area contributed by atoms with Crippen LogP contribution < -0.4 is 0 Å². The normalized spacial score (nSPS) is 17.9. The second-order valence-electron chi connectivity index (χ2n) is 7.29. The van der Waals surface area contributed by atoms with Crippen molar-refractivity contribution in [1.29, 1.82) is 0 Å². The summed E-state index contributed by atoms with van der Waals surface area (Å²) in [4.78, 5) is 4.94. The first-order valence-electron chi connectivity index (χ1n) is 9.60. The fourth-order valence-corrected chi connectivity index (χ4v) is 5.11. The maximum atomic E-state index is 13.3. The zero-order valence-corrected chi connectivity index (χ0v) is 17.2. The van der Waals surface area contributed by atoms with Crippen LogP contribution in [-0.2, 0) is 16.4 Å². The van der Waals surface area contributed by atoms with Crippen molar-refractivity contribution >= 4 is 15.7 Å². The molecule has 0 radical (unpaired) electrons. The molecule has 0 fully saturated rings. The first kappa shape index (κ1) is 19.8. The van der Waals surface area contributed by atoms with Crippen molar-refractivity contribution in [2.45, 2.75) is 57.5 Å². The second kappa shape index (κ2) is 8.36. The molecule has 4 nitrogen and oxygen atoms in total. The highest BCUT2D eigenvalue weighted by molar-refractivity contribution is 7.89. The van der Waals surface area contributed by atoms with Gasteiger partial charge in [-0.25, -0.2) is 8.42 Å². The van der Waals surface area contributed by atoms with Crippen molar-refractivity contribution in [3.63, 3.8) is 0 Å². The van der Waals surface area contributed by atoms with Crippen molar-refractivity contribution in [3.8, 4) is 0 Å². The molecule has 0 spiro atoms. The third kappa shape index (κ3) is 4.47. The van der Waals surface area contributed by atoms with Crippen LogP contribution in [0.4, 0.5) is 0 Å². The van der Waals surface area contributed by atoms with E-state index in [1.807, 2.05) is 44.2 Å². The van der Waals surface area contributed by atoms with Crippen LogP contribution in [0, 0.1) is 6.92 Å². The molecule has 0 bridgehead atoms. The summed E-state index contributed by atoms with van der Waals surface area (Å²) in [6.07, 6.45) is 3.24. The lowest BCUT2D eigenvalue weighted by molar-refractivity contribution is 0.358. The molecule has 1 unspecified atom stereocenters. The summed E-state index contributed by atoms with van der Waals surface area (Å²) in [7, 11) is -3.56. The van der Waals surface area contributed by atoms with Crippen LogP contribution in [0.15, 0.2) is 58.4 Å². The van der Waals surface area contributed by atoms with Gasteiger partial charge in [0.05, 0.1) is 11.4 Å². The molecule has 0 saturated carbocycles. The number of aryl methyl sites for hydroxylation is 1. The molecular weight excluding hydrogens is 356 g/mol. The summed E-state index contributed by atoms with van der Waals surface area (Å²) in [6, 6.07) is 15.6. The molecule has 2 aromatic rings. The van der Waals surface area contributed by atoms with Gasteiger partial charge in [-0.15, -0.1) is 0 Å². The number of benzene rings is 2. The summed E-state index contributed by atoms with van der Waals surface area (Å²) in [6.45, 7) is 6.44.